The summed E-state index contributed by atoms with van der Waals surface area (Å²) < 4.78 is 37.7. The summed E-state index contributed by atoms with van der Waals surface area (Å²) in [6.07, 6.45) is -4.52. The van der Waals surface area contributed by atoms with Gasteiger partial charge in [0.2, 0.25) is 5.91 Å². The van der Waals surface area contributed by atoms with Gasteiger partial charge in [-0.15, -0.1) is 0 Å². The molecule has 2 N–H and O–H groups in total. The molecule has 1 aromatic rings. The molecule has 0 atom stereocenters. The van der Waals surface area contributed by atoms with Crippen molar-refractivity contribution >= 4 is 17.6 Å². The second kappa shape index (κ2) is 5.75. The topological polar surface area (TPSA) is 66.4 Å². The normalized spacial score (nSPS) is 12.1. The van der Waals surface area contributed by atoms with Crippen LogP contribution in [0.3, 0.4) is 0 Å². The van der Waals surface area contributed by atoms with Crippen molar-refractivity contribution in [3.63, 3.8) is 0 Å². The smallest absolute Gasteiger partial charge is 0.416 e. The van der Waals surface area contributed by atoms with Gasteiger partial charge in [-0.25, -0.2) is 4.79 Å². The monoisotopic (exact) mass is 303 g/mol. The minimum Gasteiger partial charge on any atom is -0.478 e. The van der Waals surface area contributed by atoms with Crippen LogP contribution in [0.25, 0.3) is 0 Å². The third-order valence-electron chi connectivity index (χ3n) is 2.54. The van der Waals surface area contributed by atoms with Crippen LogP contribution in [-0.2, 0) is 11.0 Å². The minimum atomic E-state index is -4.64. The zero-order chi connectivity index (χ0) is 16.4. The fourth-order valence-corrected chi connectivity index (χ4v) is 1.68. The number of carboxylic acids is 1. The molecule has 7 heteroatoms. The summed E-state index contributed by atoms with van der Waals surface area (Å²) in [5.74, 6) is -1.99. The standard InChI is InChI=1S/C14H16F3NO3/c1-13(2,3)7-11(19)18-10-5-4-8(14(15,16)17)6-9(10)12(20)21/h4-6H,7H2,1-3H3,(H,18,19)(H,20,21). The lowest BCUT2D eigenvalue weighted by Crippen LogP contribution is -2.21. The van der Waals surface area contributed by atoms with Gasteiger partial charge < -0.3 is 10.4 Å². The van der Waals surface area contributed by atoms with Crippen molar-refractivity contribution in [3.05, 3.63) is 29.3 Å². The van der Waals surface area contributed by atoms with Crippen molar-refractivity contribution in [3.8, 4) is 0 Å². The highest BCUT2D eigenvalue weighted by Crippen LogP contribution is 2.32. The molecule has 0 aliphatic heterocycles. The zero-order valence-electron chi connectivity index (χ0n) is 11.8. The molecule has 0 aromatic heterocycles. The Morgan fingerprint density at radius 3 is 2.19 bits per heavy atom. The third-order valence-corrected chi connectivity index (χ3v) is 2.54. The summed E-state index contributed by atoms with van der Waals surface area (Å²) >= 11 is 0. The number of amides is 1. The number of hydrogen-bond acceptors (Lipinski definition) is 2. The first kappa shape index (κ1) is 17.0. The van der Waals surface area contributed by atoms with Gasteiger partial charge in [-0.2, -0.15) is 13.2 Å². The maximum absolute atomic E-state index is 12.6. The molecule has 0 spiro atoms. The number of nitrogens with one attached hydrogen (secondary N) is 1. The van der Waals surface area contributed by atoms with E-state index in [2.05, 4.69) is 5.32 Å². The number of hydrogen-bond donors (Lipinski definition) is 2. The number of alkyl halides is 3. The fourth-order valence-electron chi connectivity index (χ4n) is 1.68. The summed E-state index contributed by atoms with van der Waals surface area (Å²) in [7, 11) is 0. The minimum absolute atomic E-state index is 0.118. The van der Waals surface area contributed by atoms with Crippen LogP contribution in [-0.4, -0.2) is 17.0 Å². The highest BCUT2D eigenvalue weighted by molar-refractivity contribution is 6.00. The molecule has 0 unspecified atom stereocenters. The molecule has 0 saturated heterocycles. The Kier molecular flexibility index (Phi) is 4.65. The molecule has 1 rings (SSSR count). The van der Waals surface area contributed by atoms with E-state index in [0.717, 1.165) is 12.1 Å². The van der Waals surface area contributed by atoms with Crippen LogP contribution >= 0.6 is 0 Å². The number of halogens is 3. The second-order valence-corrected chi connectivity index (χ2v) is 5.85. The lowest BCUT2D eigenvalue weighted by molar-refractivity contribution is -0.137. The zero-order valence-corrected chi connectivity index (χ0v) is 11.8. The van der Waals surface area contributed by atoms with E-state index in [0.29, 0.717) is 6.07 Å². The van der Waals surface area contributed by atoms with Gasteiger partial charge in [-0.3, -0.25) is 4.79 Å². The van der Waals surface area contributed by atoms with Gasteiger partial charge in [0.05, 0.1) is 16.8 Å². The van der Waals surface area contributed by atoms with Crippen LogP contribution in [0.2, 0.25) is 0 Å². The first-order chi connectivity index (χ1) is 9.40. The van der Waals surface area contributed by atoms with E-state index in [1.165, 1.54) is 0 Å². The third kappa shape index (κ3) is 5.09. The van der Waals surface area contributed by atoms with Gasteiger partial charge in [-0.05, 0) is 23.6 Å². The van der Waals surface area contributed by atoms with E-state index < -0.39 is 29.2 Å². The van der Waals surface area contributed by atoms with Crippen LogP contribution in [0.5, 0.6) is 0 Å². The average molecular weight is 303 g/mol. The van der Waals surface area contributed by atoms with Crippen LogP contribution in [0, 0.1) is 5.41 Å². The molecule has 0 aliphatic carbocycles. The lowest BCUT2D eigenvalue weighted by Gasteiger charge is -2.18. The number of aromatic carboxylic acids is 1. The van der Waals surface area contributed by atoms with Crippen molar-refractivity contribution in [1.82, 2.24) is 0 Å². The van der Waals surface area contributed by atoms with Gasteiger partial charge in [0.25, 0.3) is 0 Å². The molecular formula is C14H16F3NO3. The van der Waals surface area contributed by atoms with Crippen molar-refractivity contribution in [2.75, 3.05) is 5.32 Å². The summed E-state index contributed by atoms with van der Waals surface area (Å²) in [6.45, 7) is 5.45. The van der Waals surface area contributed by atoms with Crippen molar-refractivity contribution in [2.24, 2.45) is 5.41 Å². The number of benzene rings is 1. The Balaban J connectivity index is 3.08. The molecule has 1 amide bonds. The molecule has 0 fully saturated rings. The van der Waals surface area contributed by atoms with E-state index in [4.69, 9.17) is 5.11 Å². The summed E-state index contributed by atoms with van der Waals surface area (Å²) in [5.41, 5.74) is -2.13. The number of carboxylic acid groups (broad SMARTS) is 1. The Bertz CT molecular complexity index is 560. The molecule has 0 heterocycles. The highest BCUT2D eigenvalue weighted by atomic mass is 19.4. The van der Waals surface area contributed by atoms with E-state index in [1.807, 2.05) is 20.8 Å². The lowest BCUT2D eigenvalue weighted by atomic mass is 9.92. The van der Waals surface area contributed by atoms with Gasteiger partial charge in [0.15, 0.2) is 0 Å². The van der Waals surface area contributed by atoms with E-state index in [-0.39, 0.29) is 17.5 Å². The van der Waals surface area contributed by atoms with Gasteiger partial charge in [0.1, 0.15) is 0 Å². The van der Waals surface area contributed by atoms with Crippen molar-refractivity contribution in [2.45, 2.75) is 33.4 Å². The number of anilines is 1. The molecule has 0 radical (unpaired) electrons. The number of rotatable bonds is 3. The van der Waals surface area contributed by atoms with Crippen LogP contribution in [0.1, 0.15) is 43.1 Å². The first-order valence-corrected chi connectivity index (χ1v) is 6.14. The summed E-state index contributed by atoms with van der Waals surface area (Å²) in [4.78, 5) is 22.8. The SMILES string of the molecule is CC(C)(C)CC(=O)Nc1ccc(C(F)(F)F)cc1C(=O)O. The molecule has 4 nitrogen and oxygen atoms in total. The van der Waals surface area contributed by atoms with Crippen molar-refractivity contribution < 1.29 is 27.9 Å². The molecule has 0 saturated carbocycles. The van der Waals surface area contributed by atoms with Crippen LogP contribution < -0.4 is 5.32 Å². The molecule has 1 aromatic carbocycles. The van der Waals surface area contributed by atoms with Gasteiger partial charge in [-0.1, -0.05) is 20.8 Å². The molecule has 21 heavy (non-hydrogen) atoms. The van der Waals surface area contributed by atoms with E-state index in [1.54, 1.807) is 0 Å². The Labute approximate surface area is 120 Å². The summed E-state index contributed by atoms with van der Waals surface area (Å²) in [5, 5.41) is 11.3. The first-order valence-electron chi connectivity index (χ1n) is 6.14. The van der Waals surface area contributed by atoms with Crippen LogP contribution in [0.4, 0.5) is 18.9 Å². The van der Waals surface area contributed by atoms with E-state index in [9.17, 15) is 22.8 Å². The molecular weight excluding hydrogens is 287 g/mol. The molecule has 0 aliphatic rings. The van der Waals surface area contributed by atoms with Gasteiger partial charge >= 0.3 is 12.1 Å². The Hall–Kier alpha value is -2.05. The molecule has 116 valence electrons. The van der Waals surface area contributed by atoms with E-state index >= 15 is 0 Å². The quantitative estimate of drug-likeness (QED) is 0.893. The van der Waals surface area contributed by atoms with Gasteiger partial charge in [0, 0.05) is 6.42 Å². The Morgan fingerprint density at radius 1 is 1.19 bits per heavy atom. The largest absolute Gasteiger partial charge is 0.478 e. The van der Waals surface area contributed by atoms with Crippen LogP contribution in [0.15, 0.2) is 18.2 Å². The fraction of sp³-hybridized carbons (Fsp3) is 0.429. The highest BCUT2D eigenvalue weighted by Gasteiger charge is 2.32. The predicted octanol–water partition coefficient (Wildman–Crippen LogP) is 3.78. The maximum Gasteiger partial charge on any atom is 0.416 e. The molecule has 0 bridgehead atoms. The van der Waals surface area contributed by atoms with Crippen molar-refractivity contribution in [1.29, 1.82) is 0 Å². The number of carbonyl (C=O) groups excluding carboxylic acids is 1. The maximum atomic E-state index is 12.6. The Morgan fingerprint density at radius 2 is 1.76 bits per heavy atom. The average Bonchev–Trinajstić information content (AvgIpc) is 2.24. The second-order valence-electron chi connectivity index (χ2n) is 5.85. The predicted molar refractivity (Wildman–Crippen MR) is 71.1 cm³/mol. The summed E-state index contributed by atoms with van der Waals surface area (Å²) in [6, 6.07) is 2.20. The number of carbonyl (C=O) groups is 2.